The molecule has 0 saturated heterocycles. The van der Waals surface area contributed by atoms with Crippen LogP contribution in [0.1, 0.15) is 37.3 Å². The predicted octanol–water partition coefficient (Wildman–Crippen LogP) is 4.61. The van der Waals surface area contributed by atoms with Crippen molar-refractivity contribution < 1.29 is 0 Å². The van der Waals surface area contributed by atoms with Gasteiger partial charge in [0.15, 0.2) is 5.82 Å². The lowest BCUT2D eigenvalue weighted by atomic mass is 10.0. The molecule has 1 aliphatic carbocycles. The summed E-state index contributed by atoms with van der Waals surface area (Å²) in [5, 5.41) is 3.15. The fourth-order valence-corrected chi connectivity index (χ4v) is 3.02. The Labute approximate surface area is 128 Å². The standard InChI is InChI=1S/C16H18BrN3/c1-18-15-10-14(11-4-2-3-5-11)19-16(20-15)12-6-8-13(17)9-7-12/h6-11H,2-5H2,1H3,(H,18,19,20). The van der Waals surface area contributed by atoms with Gasteiger partial charge in [0.1, 0.15) is 5.82 Å². The minimum absolute atomic E-state index is 0.597. The van der Waals surface area contributed by atoms with Crippen LogP contribution in [0.3, 0.4) is 0 Å². The van der Waals surface area contributed by atoms with E-state index in [0.29, 0.717) is 5.92 Å². The molecular formula is C16H18BrN3. The third-order valence-electron chi connectivity index (χ3n) is 3.88. The number of aromatic nitrogens is 2. The lowest BCUT2D eigenvalue weighted by molar-refractivity contribution is 0.696. The van der Waals surface area contributed by atoms with Gasteiger partial charge in [0.25, 0.3) is 0 Å². The molecule has 2 aromatic rings. The van der Waals surface area contributed by atoms with Gasteiger partial charge in [0, 0.05) is 34.8 Å². The molecule has 0 bridgehead atoms. The lowest BCUT2D eigenvalue weighted by Gasteiger charge is -2.12. The maximum atomic E-state index is 4.80. The van der Waals surface area contributed by atoms with Crippen molar-refractivity contribution in [2.45, 2.75) is 31.6 Å². The third kappa shape index (κ3) is 2.85. The molecule has 1 fully saturated rings. The molecule has 1 saturated carbocycles. The Morgan fingerprint density at radius 1 is 1.10 bits per heavy atom. The van der Waals surface area contributed by atoms with Crippen molar-refractivity contribution in [1.29, 1.82) is 0 Å². The first-order valence-electron chi connectivity index (χ1n) is 7.09. The van der Waals surface area contributed by atoms with Crippen LogP contribution in [0, 0.1) is 0 Å². The van der Waals surface area contributed by atoms with E-state index >= 15 is 0 Å². The SMILES string of the molecule is CNc1cc(C2CCCC2)nc(-c2ccc(Br)cc2)n1. The molecule has 0 aliphatic heterocycles. The van der Waals surface area contributed by atoms with Gasteiger partial charge in [-0.1, -0.05) is 40.9 Å². The molecule has 1 aromatic carbocycles. The summed E-state index contributed by atoms with van der Waals surface area (Å²) in [6.07, 6.45) is 5.13. The smallest absolute Gasteiger partial charge is 0.161 e. The molecule has 3 rings (SSSR count). The first-order chi connectivity index (χ1) is 9.76. The van der Waals surface area contributed by atoms with Crippen LogP contribution in [0.2, 0.25) is 0 Å². The van der Waals surface area contributed by atoms with Gasteiger partial charge >= 0.3 is 0 Å². The molecule has 0 unspecified atom stereocenters. The molecule has 1 N–H and O–H groups in total. The van der Waals surface area contributed by atoms with E-state index in [1.165, 1.54) is 31.4 Å². The Morgan fingerprint density at radius 2 is 1.80 bits per heavy atom. The van der Waals surface area contributed by atoms with Gasteiger partial charge < -0.3 is 5.32 Å². The van der Waals surface area contributed by atoms with Gasteiger partial charge in [-0.25, -0.2) is 9.97 Å². The molecule has 4 heteroatoms. The highest BCUT2D eigenvalue weighted by Crippen LogP contribution is 2.34. The molecule has 20 heavy (non-hydrogen) atoms. The Balaban J connectivity index is 2.01. The lowest BCUT2D eigenvalue weighted by Crippen LogP contribution is -2.03. The van der Waals surface area contributed by atoms with Crippen molar-refractivity contribution in [1.82, 2.24) is 9.97 Å². The normalized spacial score (nSPS) is 15.5. The Morgan fingerprint density at radius 3 is 2.45 bits per heavy atom. The summed E-state index contributed by atoms with van der Waals surface area (Å²) >= 11 is 3.46. The molecule has 1 aliphatic rings. The van der Waals surface area contributed by atoms with E-state index in [9.17, 15) is 0 Å². The number of nitrogens with one attached hydrogen (secondary N) is 1. The van der Waals surface area contributed by atoms with Gasteiger partial charge in [-0.15, -0.1) is 0 Å². The zero-order valence-corrected chi connectivity index (χ0v) is 13.2. The second kappa shape index (κ2) is 5.92. The minimum Gasteiger partial charge on any atom is -0.373 e. The number of benzene rings is 1. The maximum absolute atomic E-state index is 4.80. The van der Waals surface area contributed by atoms with Crippen molar-refractivity contribution in [2.75, 3.05) is 12.4 Å². The fourth-order valence-electron chi connectivity index (χ4n) is 2.75. The average Bonchev–Trinajstić information content (AvgIpc) is 3.02. The summed E-state index contributed by atoms with van der Waals surface area (Å²) in [7, 11) is 1.91. The molecule has 0 spiro atoms. The fraction of sp³-hybridized carbons (Fsp3) is 0.375. The highest BCUT2D eigenvalue weighted by Gasteiger charge is 2.20. The summed E-state index contributed by atoms with van der Waals surface area (Å²) < 4.78 is 1.07. The molecule has 3 nitrogen and oxygen atoms in total. The van der Waals surface area contributed by atoms with Crippen LogP contribution in [-0.2, 0) is 0 Å². The summed E-state index contributed by atoms with van der Waals surface area (Å²) in [6, 6.07) is 10.3. The zero-order chi connectivity index (χ0) is 13.9. The summed E-state index contributed by atoms with van der Waals surface area (Å²) in [6.45, 7) is 0. The molecule has 1 heterocycles. The highest BCUT2D eigenvalue weighted by molar-refractivity contribution is 9.10. The van der Waals surface area contributed by atoms with Gasteiger partial charge in [0.05, 0.1) is 0 Å². The van der Waals surface area contributed by atoms with E-state index < -0.39 is 0 Å². The number of nitrogens with zero attached hydrogens (tertiary/aromatic N) is 2. The van der Waals surface area contributed by atoms with Crippen LogP contribution in [0.15, 0.2) is 34.8 Å². The van der Waals surface area contributed by atoms with Crippen LogP contribution in [0.5, 0.6) is 0 Å². The van der Waals surface area contributed by atoms with Crippen LogP contribution in [0.4, 0.5) is 5.82 Å². The molecule has 1 aromatic heterocycles. The quantitative estimate of drug-likeness (QED) is 0.892. The summed E-state index contributed by atoms with van der Waals surface area (Å²) in [5.41, 5.74) is 2.24. The number of rotatable bonds is 3. The number of hydrogen-bond donors (Lipinski definition) is 1. The van der Waals surface area contributed by atoms with E-state index in [-0.39, 0.29) is 0 Å². The van der Waals surface area contributed by atoms with Crippen LogP contribution in [-0.4, -0.2) is 17.0 Å². The van der Waals surface area contributed by atoms with E-state index in [1.54, 1.807) is 0 Å². The first-order valence-corrected chi connectivity index (χ1v) is 7.88. The monoisotopic (exact) mass is 331 g/mol. The molecule has 0 radical (unpaired) electrons. The second-order valence-corrected chi connectivity index (χ2v) is 6.16. The van der Waals surface area contributed by atoms with Gasteiger partial charge in [-0.2, -0.15) is 0 Å². The Kier molecular flexibility index (Phi) is 4.01. The molecule has 0 amide bonds. The van der Waals surface area contributed by atoms with Crippen LogP contribution < -0.4 is 5.32 Å². The van der Waals surface area contributed by atoms with E-state index in [2.05, 4.69) is 44.4 Å². The average molecular weight is 332 g/mol. The van der Waals surface area contributed by atoms with Crippen molar-refractivity contribution >= 4 is 21.7 Å². The van der Waals surface area contributed by atoms with Crippen molar-refractivity contribution in [3.05, 3.63) is 40.5 Å². The molecule has 104 valence electrons. The number of anilines is 1. The van der Waals surface area contributed by atoms with Crippen LogP contribution in [0.25, 0.3) is 11.4 Å². The largest absolute Gasteiger partial charge is 0.373 e. The Hall–Kier alpha value is -1.42. The van der Waals surface area contributed by atoms with Gasteiger partial charge in [-0.3, -0.25) is 0 Å². The summed E-state index contributed by atoms with van der Waals surface area (Å²) in [5.74, 6) is 2.31. The van der Waals surface area contributed by atoms with Crippen LogP contribution >= 0.6 is 15.9 Å². The molecule has 0 atom stereocenters. The highest BCUT2D eigenvalue weighted by atomic mass is 79.9. The predicted molar refractivity (Wildman–Crippen MR) is 85.9 cm³/mol. The van der Waals surface area contributed by atoms with E-state index in [0.717, 1.165) is 21.7 Å². The van der Waals surface area contributed by atoms with E-state index in [4.69, 9.17) is 4.98 Å². The molecular weight excluding hydrogens is 314 g/mol. The zero-order valence-electron chi connectivity index (χ0n) is 11.6. The third-order valence-corrected chi connectivity index (χ3v) is 4.41. The maximum Gasteiger partial charge on any atom is 0.161 e. The van der Waals surface area contributed by atoms with Gasteiger partial charge in [0.2, 0.25) is 0 Å². The minimum atomic E-state index is 0.597. The van der Waals surface area contributed by atoms with Gasteiger partial charge in [-0.05, 0) is 25.0 Å². The van der Waals surface area contributed by atoms with Crippen molar-refractivity contribution in [2.24, 2.45) is 0 Å². The van der Waals surface area contributed by atoms with Crippen molar-refractivity contribution in [3.8, 4) is 11.4 Å². The van der Waals surface area contributed by atoms with E-state index in [1.807, 2.05) is 19.2 Å². The first kappa shape index (κ1) is 13.6. The second-order valence-electron chi connectivity index (χ2n) is 5.24. The Bertz CT molecular complexity index is 589. The van der Waals surface area contributed by atoms with Crippen molar-refractivity contribution in [3.63, 3.8) is 0 Å². The summed E-state index contributed by atoms with van der Waals surface area (Å²) in [4.78, 5) is 9.38. The number of hydrogen-bond acceptors (Lipinski definition) is 3. The number of halogens is 1. The topological polar surface area (TPSA) is 37.8 Å².